The van der Waals surface area contributed by atoms with Crippen LogP contribution in [0, 0.1) is 5.92 Å². The minimum atomic E-state index is 0.882. The van der Waals surface area contributed by atoms with Crippen LogP contribution in [0.25, 0.3) is 0 Å². The Labute approximate surface area is 79.0 Å². The van der Waals surface area contributed by atoms with Crippen molar-refractivity contribution >= 4 is 5.95 Å². The van der Waals surface area contributed by atoms with Crippen LogP contribution < -0.4 is 5.32 Å². The Hall–Kier alpha value is -0.990. The predicted molar refractivity (Wildman–Crippen MR) is 53.8 cm³/mol. The predicted octanol–water partition coefficient (Wildman–Crippen LogP) is 2.18. The summed E-state index contributed by atoms with van der Waals surface area (Å²) in [7, 11) is 1.89. The van der Waals surface area contributed by atoms with E-state index >= 15 is 0 Å². The lowest BCUT2D eigenvalue weighted by atomic mass is 10.0. The van der Waals surface area contributed by atoms with Crippen LogP contribution in [0.2, 0.25) is 0 Å². The van der Waals surface area contributed by atoms with E-state index in [2.05, 4.69) is 15.3 Å². The highest BCUT2D eigenvalue weighted by atomic mass is 15.1. The zero-order valence-corrected chi connectivity index (χ0v) is 8.14. The van der Waals surface area contributed by atoms with E-state index in [1.165, 1.54) is 37.8 Å². The van der Waals surface area contributed by atoms with Gasteiger partial charge in [0.05, 0.1) is 6.20 Å². The summed E-state index contributed by atoms with van der Waals surface area (Å²) in [6, 6.07) is 0. The van der Waals surface area contributed by atoms with Crippen molar-refractivity contribution in [3.8, 4) is 0 Å². The maximum atomic E-state index is 4.21. The Morgan fingerprint density at radius 3 is 2.92 bits per heavy atom. The van der Waals surface area contributed by atoms with Crippen LogP contribution in [-0.2, 0) is 6.42 Å². The van der Waals surface area contributed by atoms with Crippen LogP contribution in [0.5, 0.6) is 0 Å². The van der Waals surface area contributed by atoms with Gasteiger partial charge in [-0.1, -0.05) is 25.7 Å². The van der Waals surface area contributed by atoms with Crippen molar-refractivity contribution in [2.45, 2.75) is 32.1 Å². The van der Waals surface area contributed by atoms with E-state index < -0.39 is 0 Å². The summed E-state index contributed by atoms with van der Waals surface area (Å²) in [5, 5.41) is 3.01. The van der Waals surface area contributed by atoms with E-state index in [9.17, 15) is 0 Å². The molecule has 0 saturated heterocycles. The number of aromatic amines is 1. The van der Waals surface area contributed by atoms with Crippen LogP contribution in [0.15, 0.2) is 6.20 Å². The molecule has 1 heterocycles. The quantitative estimate of drug-likeness (QED) is 0.746. The zero-order valence-electron chi connectivity index (χ0n) is 8.14. The Kier molecular flexibility index (Phi) is 2.52. The first-order valence-corrected chi connectivity index (χ1v) is 5.10. The van der Waals surface area contributed by atoms with Gasteiger partial charge in [-0.25, -0.2) is 4.98 Å². The van der Waals surface area contributed by atoms with Crippen LogP contribution in [-0.4, -0.2) is 17.0 Å². The molecular formula is C10H17N3. The third-order valence-electron chi connectivity index (χ3n) is 2.85. The van der Waals surface area contributed by atoms with E-state index in [4.69, 9.17) is 0 Å². The third-order valence-corrected chi connectivity index (χ3v) is 2.85. The van der Waals surface area contributed by atoms with Crippen molar-refractivity contribution < 1.29 is 0 Å². The number of rotatable bonds is 3. The summed E-state index contributed by atoms with van der Waals surface area (Å²) >= 11 is 0. The zero-order chi connectivity index (χ0) is 9.10. The molecule has 1 aliphatic carbocycles. The van der Waals surface area contributed by atoms with Crippen LogP contribution >= 0.6 is 0 Å². The standard InChI is InChI=1S/C10H17N3/c1-11-10-12-7-9(13-10)6-8-4-2-3-5-8/h7-8H,2-6H2,1H3,(H2,11,12,13). The summed E-state index contributed by atoms with van der Waals surface area (Å²) in [6.45, 7) is 0. The van der Waals surface area contributed by atoms with Gasteiger partial charge >= 0.3 is 0 Å². The number of H-pyrrole nitrogens is 1. The Morgan fingerprint density at radius 2 is 2.31 bits per heavy atom. The number of nitrogens with one attached hydrogen (secondary N) is 2. The average molecular weight is 179 g/mol. The number of nitrogens with zero attached hydrogens (tertiary/aromatic N) is 1. The normalized spacial score (nSPS) is 17.9. The molecule has 0 spiro atoms. The Bertz CT molecular complexity index is 261. The summed E-state index contributed by atoms with van der Waals surface area (Å²) in [5.41, 5.74) is 1.27. The summed E-state index contributed by atoms with van der Waals surface area (Å²) in [6.07, 6.45) is 8.75. The van der Waals surface area contributed by atoms with Crippen molar-refractivity contribution in [2.24, 2.45) is 5.92 Å². The SMILES string of the molecule is CNc1ncc(CC2CCCC2)[nH]1. The molecule has 0 radical (unpaired) electrons. The fourth-order valence-corrected chi connectivity index (χ4v) is 2.12. The molecule has 0 unspecified atom stereocenters. The number of hydrogen-bond donors (Lipinski definition) is 2. The maximum Gasteiger partial charge on any atom is 0.200 e. The first kappa shape index (κ1) is 8.60. The van der Waals surface area contributed by atoms with Crippen LogP contribution in [0.1, 0.15) is 31.4 Å². The van der Waals surface area contributed by atoms with Crippen molar-refractivity contribution in [2.75, 3.05) is 12.4 Å². The van der Waals surface area contributed by atoms with Gasteiger partial charge < -0.3 is 10.3 Å². The summed E-state index contributed by atoms with van der Waals surface area (Å²) in [4.78, 5) is 7.48. The molecule has 2 rings (SSSR count). The van der Waals surface area contributed by atoms with Crippen molar-refractivity contribution in [3.63, 3.8) is 0 Å². The molecule has 0 bridgehead atoms. The molecule has 1 fully saturated rings. The second-order valence-electron chi connectivity index (χ2n) is 3.86. The van der Waals surface area contributed by atoms with Crippen molar-refractivity contribution in [3.05, 3.63) is 11.9 Å². The van der Waals surface area contributed by atoms with E-state index in [0.29, 0.717) is 0 Å². The first-order valence-electron chi connectivity index (χ1n) is 5.10. The smallest absolute Gasteiger partial charge is 0.200 e. The van der Waals surface area contributed by atoms with Gasteiger partial charge in [-0.05, 0) is 12.3 Å². The van der Waals surface area contributed by atoms with Gasteiger partial charge in [-0.15, -0.1) is 0 Å². The molecule has 2 N–H and O–H groups in total. The Balaban J connectivity index is 1.92. The molecule has 0 aromatic carbocycles. The van der Waals surface area contributed by atoms with Gasteiger partial charge in [0, 0.05) is 12.7 Å². The lowest BCUT2D eigenvalue weighted by molar-refractivity contribution is 0.540. The summed E-state index contributed by atoms with van der Waals surface area (Å²) in [5.74, 6) is 1.78. The highest BCUT2D eigenvalue weighted by Crippen LogP contribution is 2.27. The number of aromatic nitrogens is 2. The summed E-state index contributed by atoms with van der Waals surface area (Å²) < 4.78 is 0. The molecule has 1 aromatic heterocycles. The van der Waals surface area contributed by atoms with Gasteiger partial charge in [-0.2, -0.15) is 0 Å². The van der Waals surface area contributed by atoms with Crippen molar-refractivity contribution in [1.29, 1.82) is 0 Å². The molecule has 1 aromatic rings. The van der Waals surface area contributed by atoms with E-state index in [-0.39, 0.29) is 0 Å². The molecule has 1 aliphatic rings. The average Bonchev–Trinajstić information content (AvgIpc) is 2.76. The highest BCUT2D eigenvalue weighted by Gasteiger charge is 2.16. The fraction of sp³-hybridized carbons (Fsp3) is 0.700. The van der Waals surface area contributed by atoms with Gasteiger partial charge in [-0.3, -0.25) is 0 Å². The van der Waals surface area contributed by atoms with Gasteiger partial charge in [0.15, 0.2) is 5.95 Å². The van der Waals surface area contributed by atoms with Crippen molar-refractivity contribution in [1.82, 2.24) is 9.97 Å². The number of hydrogen-bond acceptors (Lipinski definition) is 2. The van der Waals surface area contributed by atoms with E-state index in [1.54, 1.807) is 0 Å². The van der Waals surface area contributed by atoms with Crippen LogP contribution in [0.4, 0.5) is 5.95 Å². The van der Waals surface area contributed by atoms with E-state index in [1.807, 2.05) is 13.2 Å². The fourth-order valence-electron chi connectivity index (χ4n) is 2.12. The largest absolute Gasteiger partial charge is 0.359 e. The topological polar surface area (TPSA) is 40.7 Å². The molecule has 1 saturated carbocycles. The monoisotopic (exact) mass is 179 g/mol. The lowest BCUT2D eigenvalue weighted by Crippen LogP contribution is -1.99. The van der Waals surface area contributed by atoms with Gasteiger partial charge in [0.25, 0.3) is 0 Å². The molecule has 72 valence electrons. The van der Waals surface area contributed by atoms with Gasteiger partial charge in [0.1, 0.15) is 0 Å². The minimum absolute atomic E-state index is 0.882. The molecule has 3 heteroatoms. The molecule has 0 aliphatic heterocycles. The molecule has 0 atom stereocenters. The number of imidazole rings is 1. The molecule has 3 nitrogen and oxygen atoms in total. The maximum absolute atomic E-state index is 4.21. The number of anilines is 1. The minimum Gasteiger partial charge on any atom is -0.359 e. The van der Waals surface area contributed by atoms with E-state index in [0.717, 1.165) is 11.9 Å². The third kappa shape index (κ3) is 2.02. The van der Waals surface area contributed by atoms with Gasteiger partial charge in [0.2, 0.25) is 0 Å². The Morgan fingerprint density at radius 1 is 1.54 bits per heavy atom. The molecular weight excluding hydrogens is 162 g/mol. The molecule has 13 heavy (non-hydrogen) atoms. The second kappa shape index (κ2) is 3.81. The highest BCUT2D eigenvalue weighted by molar-refractivity contribution is 5.24. The van der Waals surface area contributed by atoms with Crippen LogP contribution in [0.3, 0.4) is 0 Å². The second-order valence-corrected chi connectivity index (χ2v) is 3.86. The molecule has 0 amide bonds. The first-order chi connectivity index (χ1) is 6.38. The lowest BCUT2D eigenvalue weighted by Gasteiger charge is -2.05.